The summed E-state index contributed by atoms with van der Waals surface area (Å²) in [5, 5.41) is 15.7. The molecule has 3 heterocycles. The van der Waals surface area contributed by atoms with Gasteiger partial charge in [0, 0.05) is 36.2 Å². The van der Waals surface area contributed by atoms with Crippen molar-refractivity contribution in [2.75, 3.05) is 18.4 Å². The van der Waals surface area contributed by atoms with Gasteiger partial charge in [-0.1, -0.05) is 11.6 Å². The third-order valence-corrected chi connectivity index (χ3v) is 9.33. The summed E-state index contributed by atoms with van der Waals surface area (Å²) in [6, 6.07) is 8.99. The number of non-ortho nitro benzene ring substituents is 1. The quantitative estimate of drug-likeness (QED) is 0.384. The van der Waals surface area contributed by atoms with Gasteiger partial charge in [0.2, 0.25) is 5.91 Å². The molecule has 0 saturated carbocycles. The van der Waals surface area contributed by atoms with Crippen molar-refractivity contribution < 1.29 is 18.1 Å². The summed E-state index contributed by atoms with van der Waals surface area (Å²) < 4.78 is 27.6. The molecule has 3 aromatic rings. The van der Waals surface area contributed by atoms with Gasteiger partial charge in [-0.2, -0.15) is 4.31 Å². The third-order valence-electron chi connectivity index (χ3n) is 5.01. The predicted octanol–water partition coefficient (Wildman–Crippen LogP) is 4.47. The molecule has 13 heteroatoms. The molecule has 0 aliphatic carbocycles. The molecule has 0 spiro atoms. The van der Waals surface area contributed by atoms with Crippen molar-refractivity contribution in [1.29, 1.82) is 0 Å². The Morgan fingerprint density at radius 2 is 2.00 bits per heavy atom. The van der Waals surface area contributed by atoms with Crippen LogP contribution < -0.4 is 5.32 Å². The smallest absolute Gasteiger partial charge is 0.269 e. The fourth-order valence-corrected chi connectivity index (χ4v) is 7.25. The van der Waals surface area contributed by atoms with Gasteiger partial charge < -0.3 is 5.32 Å². The highest BCUT2D eigenvalue weighted by Crippen LogP contribution is 2.31. The number of thiophene rings is 1. The molecule has 1 amide bonds. The number of piperidine rings is 1. The first-order valence-corrected chi connectivity index (χ1v) is 13.0. The largest absolute Gasteiger partial charge is 0.302 e. The molecule has 32 heavy (non-hydrogen) atoms. The zero-order valence-electron chi connectivity index (χ0n) is 16.4. The van der Waals surface area contributed by atoms with Crippen LogP contribution >= 0.6 is 34.3 Å². The highest BCUT2D eigenvalue weighted by molar-refractivity contribution is 7.91. The van der Waals surface area contributed by atoms with Gasteiger partial charge in [0.05, 0.1) is 20.9 Å². The fourth-order valence-electron chi connectivity index (χ4n) is 3.36. The Hall–Kier alpha value is -2.38. The van der Waals surface area contributed by atoms with E-state index in [9.17, 15) is 23.3 Å². The number of thiazole rings is 1. The first kappa shape index (κ1) is 22.8. The lowest BCUT2D eigenvalue weighted by Crippen LogP contribution is -2.43. The van der Waals surface area contributed by atoms with E-state index in [-0.39, 0.29) is 22.3 Å². The van der Waals surface area contributed by atoms with Gasteiger partial charge in [-0.15, -0.1) is 22.7 Å². The number of rotatable bonds is 6. The topological polar surface area (TPSA) is 123 Å². The number of anilines is 1. The average molecular weight is 513 g/mol. The number of hydrogen-bond acceptors (Lipinski definition) is 8. The van der Waals surface area contributed by atoms with Gasteiger partial charge in [-0.05, 0) is 37.1 Å². The molecule has 1 atom stereocenters. The Kier molecular flexibility index (Phi) is 6.58. The number of halogens is 1. The summed E-state index contributed by atoms with van der Waals surface area (Å²) in [6.07, 6.45) is 1.14. The van der Waals surface area contributed by atoms with Crippen LogP contribution in [-0.4, -0.2) is 41.6 Å². The Bertz CT molecular complexity index is 1260. The summed E-state index contributed by atoms with van der Waals surface area (Å²) in [5.74, 6) is -0.792. The van der Waals surface area contributed by atoms with Crippen molar-refractivity contribution in [3.63, 3.8) is 0 Å². The minimum atomic E-state index is -3.70. The van der Waals surface area contributed by atoms with Crippen molar-refractivity contribution >= 4 is 61.0 Å². The summed E-state index contributed by atoms with van der Waals surface area (Å²) in [6.45, 7) is 0.438. The van der Waals surface area contributed by atoms with Crippen molar-refractivity contribution in [2.24, 2.45) is 5.92 Å². The lowest BCUT2D eigenvalue weighted by Gasteiger charge is -2.30. The molecule has 2 aromatic heterocycles. The number of aromatic nitrogens is 1. The number of carbonyl (C=O) groups is 1. The zero-order valence-corrected chi connectivity index (χ0v) is 19.6. The summed E-state index contributed by atoms with van der Waals surface area (Å²) >= 11 is 8.10. The SMILES string of the molecule is O=C(Nc1nc(-c2ccc([N+](=O)[O-])cc2)cs1)C1CCCN(S(=O)(=O)c2ccc(Cl)s2)C1. The van der Waals surface area contributed by atoms with E-state index in [1.165, 1.54) is 39.9 Å². The second-order valence-electron chi connectivity index (χ2n) is 7.09. The Balaban J connectivity index is 1.42. The lowest BCUT2D eigenvalue weighted by atomic mass is 9.99. The fraction of sp³-hybridized carbons (Fsp3) is 0.263. The number of amides is 1. The highest BCUT2D eigenvalue weighted by atomic mass is 35.5. The standard InChI is InChI=1S/C19H17ClN4O5S3/c20-16-7-8-17(31-16)32(28,29)23-9-1-2-13(10-23)18(25)22-19-21-15(11-30-19)12-3-5-14(6-4-12)24(26)27/h3-8,11,13H,1-2,9-10H2,(H,21,22,25). The maximum atomic E-state index is 12.8. The molecule has 0 bridgehead atoms. The van der Waals surface area contributed by atoms with E-state index < -0.39 is 20.9 Å². The second kappa shape index (κ2) is 9.24. The van der Waals surface area contributed by atoms with Crippen LogP contribution in [0.4, 0.5) is 10.8 Å². The summed E-state index contributed by atoms with van der Waals surface area (Å²) in [7, 11) is -3.70. The number of sulfonamides is 1. The molecule has 9 nitrogen and oxygen atoms in total. The van der Waals surface area contributed by atoms with Crippen LogP contribution in [0.3, 0.4) is 0 Å². The molecule has 1 unspecified atom stereocenters. The van der Waals surface area contributed by atoms with Crippen LogP contribution in [0, 0.1) is 16.0 Å². The lowest BCUT2D eigenvalue weighted by molar-refractivity contribution is -0.384. The van der Waals surface area contributed by atoms with Crippen molar-refractivity contribution in [3.05, 3.63) is 56.2 Å². The molecule has 1 saturated heterocycles. The van der Waals surface area contributed by atoms with E-state index in [4.69, 9.17) is 11.6 Å². The number of nitro groups is 1. The molecule has 1 aliphatic heterocycles. The zero-order chi connectivity index (χ0) is 22.9. The van der Waals surface area contributed by atoms with Crippen LogP contribution in [0.25, 0.3) is 11.3 Å². The van der Waals surface area contributed by atoms with E-state index >= 15 is 0 Å². The van der Waals surface area contributed by atoms with Gasteiger partial charge in [0.25, 0.3) is 15.7 Å². The van der Waals surface area contributed by atoms with Crippen molar-refractivity contribution in [1.82, 2.24) is 9.29 Å². The second-order valence-corrected chi connectivity index (χ2v) is 11.8. The Morgan fingerprint density at radius 1 is 1.25 bits per heavy atom. The third kappa shape index (κ3) is 4.84. The number of carbonyl (C=O) groups excluding carboxylic acids is 1. The summed E-state index contributed by atoms with van der Waals surface area (Å²) in [5.41, 5.74) is 1.26. The minimum Gasteiger partial charge on any atom is -0.302 e. The number of nitrogens with zero attached hydrogens (tertiary/aromatic N) is 3. The van der Waals surface area contributed by atoms with Crippen LogP contribution in [0.15, 0.2) is 46.0 Å². The van der Waals surface area contributed by atoms with Gasteiger partial charge in [0.1, 0.15) is 4.21 Å². The van der Waals surface area contributed by atoms with Crippen LogP contribution in [0.2, 0.25) is 4.34 Å². The van der Waals surface area contributed by atoms with Crippen molar-refractivity contribution in [3.8, 4) is 11.3 Å². The normalized spacial score (nSPS) is 17.2. The van der Waals surface area contributed by atoms with Crippen LogP contribution in [0.5, 0.6) is 0 Å². The van der Waals surface area contributed by atoms with E-state index in [1.54, 1.807) is 17.5 Å². The first-order chi connectivity index (χ1) is 15.2. The van der Waals surface area contributed by atoms with Gasteiger partial charge in [0.15, 0.2) is 5.13 Å². The van der Waals surface area contributed by atoms with Gasteiger partial charge in [-0.25, -0.2) is 13.4 Å². The molecular formula is C19H17ClN4O5S3. The molecule has 4 rings (SSSR count). The molecular weight excluding hydrogens is 496 g/mol. The molecule has 1 aromatic carbocycles. The number of hydrogen-bond donors (Lipinski definition) is 1. The Morgan fingerprint density at radius 3 is 2.66 bits per heavy atom. The monoisotopic (exact) mass is 512 g/mol. The van der Waals surface area contributed by atoms with E-state index in [1.807, 2.05) is 0 Å². The van der Waals surface area contributed by atoms with E-state index in [2.05, 4.69) is 10.3 Å². The van der Waals surface area contributed by atoms with E-state index in [0.717, 1.165) is 11.3 Å². The maximum absolute atomic E-state index is 12.8. The van der Waals surface area contributed by atoms with Crippen molar-refractivity contribution in [2.45, 2.75) is 17.1 Å². The molecule has 168 valence electrons. The molecule has 1 fully saturated rings. The average Bonchev–Trinajstić information content (AvgIpc) is 3.43. The highest BCUT2D eigenvalue weighted by Gasteiger charge is 2.34. The Labute approximate surface area is 196 Å². The van der Waals surface area contributed by atoms with Crippen LogP contribution in [0.1, 0.15) is 12.8 Å². The molecule has 0 radical (unpaired) electrons. The number of benzene rings is 1. The van der Waals surface area contributed by atoms with E-state index in [0.29, 0.717) is 40.1 Å². The summed E-state index contributed by atoms with van der Waals surface area (Å²) in [4.78, 5) is 27.5. The first-order valence-electron chi connectivity index (χ1n) is 9.51. The predicted molar refractivity (Wildman–Crippen MR) is 124 cm³/mol. The number of nitrogens with one attached hydrogen (secondary N) is 1. The minimum absolute atomic E-state index is 0.0147. The van der Waals surface area contributed by atoms with Gasteiger partial charge >= 0.3 is 0 Å². The maximum Gasteiger partial charge on any atom is 0.269 e. The van der Waals surface area contributed by atoms with Crippen LogP contribution in [-0.2, 0) is 14.8 Å². The molecule has 1 aliphatic rings. The van der Waals surface area contributed by atoms with Gasteiger partial charge in [-0.3, -0.25) is 14.9 Å². The molecule has 1 N–H and O–H groups in total. The number of nitro benzene ring substituents is 1.